The van der Waals surface area contributed by atoms with E-state index in [1.54, 1.807) is 19.9 Å². The van der Waals surface area contributed by atoms with Crippen molar-refractivity contribution in [2.45, 2.75) is 26.1 Å². The Hall–Kier alpha value is -2.61. The topological polar surface area (TPSA) is 77.2 Å². The summed E-state index contributed by atoms with van der Waals surface area (Å²) < 4.78 is 42.9. The number of carbonyl (C=O) groups is 1. The van der Waals surface area contributed by atoms with E-state index in [2.05, 4.69) is 10.3 Å². The van der Waals surface area contributed by atoms with Crippen LogP contribution >= 0.6 is 0 Å². The molecule has 0 fully saturated rings. The highest BCUT2D eigenvalue weighted by Crippen LogP contribution is 2.31. The summed E-state index contributed by atoms with van der Waals surface area (Å²) >= 11 is 0. The van der Waals surface area contributed by atoms with E-state index in [-0.39, 0.29) is 29.5 Å². The van der Waals surface area contributed by atoms with Gasteiger partial charge >= 0.3 is 6.18 Å². The molecule has 2 atom stereocenters. The third-order valence-corrected chi connectivity index (χ3v) is 3.61. The minimum absolute atomic E-state index is 0.193. The van der Waals surface area contributed by atoms with Gasteiger partial charge in [-0.3, -0.25) is 4.79 Å². The summed E-state index contributed by atoms with van der Waals surface area (Å²) in [6.07, 6.45) is -3.00. The van der Waals surface area contributed by atoms with Gasteiger partial charge in [-0.15, -0.1) is 0 Å². The molecule has 2 aromatic rings. The lowest BCUT2D eigenvalue weighted by molar-refractivity contribution is -0.137. The van der Waals surface area contributed by atoms with Crippen molar-refractivity contribution in [1.82, 2.24) is 4.98 Å². The SMILES string of the molecule is CC(N)C(C)C(=O)Nc1ccc(Oc2ccc(C(F)(F)F)cc2)nc1. The third-order valence-electron chi connectivity index (χ3n) is 3.61. The van der Waals surface area contributed by atoms with Crippen LogP contribution in [0.4, 0.5) is 18.9 Å². The first-order chi connectivity index (χ1) is 11.7. The highest BCUT2D eigenvalue weighted by Gasteiger charge is 2.30. The number of nitrogens with two attached hydrogens (primary N) is 1. The molecule has 0 saturated carbocycles. The first-order valence-corrected chi connectivity index (χ1v) is 7.54. The third kappa shape index (κ3) is 5.18. The lowest BCUT2D eigenvalue weighted by Gasteiger charge is -2.15. The van der Waals surface area contributed by atoms with Gasteiger partial charge in [0.25, 0.3) is 0 Å². The second kappa shape index (κ2) is 7.52. The number of benzene rings is 1. The molecule has 0 spiro atoms. The Balaban J connectivity index is 1.99. The van der Waals surface area contributed by atoms with Crippen LogP contribution in [0.25, 0.3) is 0 Å². The van der Waals surface area contributed by atoms with E-state index < -0.39 is 11.7 Å². The van der Waals surface area contributed by atoms with Crippen molar-refractivity contribution in [3.8, 4) is 11.6 Å². The number of rotatable bonds is 5. The number of carbonyl (C=O) groups excluding carboxylic acids is 1. The van der Waals surface area contributed by atoms with Gasteiger partial charge in [0, 0.05) is 12.1 Å². The van der Waals surface area contributed by atoms with Crippen molar-refractivity contribution < 1.29 is 22.7 Å². The summed E-state index contributed by atoms with van der Waals surface area (Å²) in [5.74, 6) is -0.169. The fourth-order valence-electron chi connectivity index (χ4n) is 1.84. The fourth-order valence-corrected chi connectivity index (χ4v) is 1.84. The van der Waals surface area contributed by atoms with Crippen molar-refractivity contribution >= 4 is 11.6 Å². The number of ether oxygens (including phenoxy) is 1. The summed E-state index contributed by atoms with van der Waals surface area (Å²) in [4.78, 5) is 15.9. The average Bonchev–Trinajstić information content (AvgIpc) is 2.55. The zero-order chi connectivity index (χ0) is 18.6. The van der Waals surface area contributed by atoms with Crippen LogP contribution in [0.15, 0.2) is 42.6 Å². The monoisotopic (exact) mass is 353 g/mol. The lowest BCUT2D eigenvalue weighted by atomic mass is 10.0. The van der Waals surface area contributed by atoms with E-state index in [1.165, 1.54) is 24.4 Å². The van der Waals surface area contributed by atoms with Crippen LogP contribution in [-0.4, -0.2) is 16.9 Å². The molecule has 0 bridgehead atoms. The molecular formula is C17H18F3N3O2. The van der Waals surface area contributed by atoms with Crippen LogP contribution in [0, 0.1) is 5.92 Å². The highest BCUT2D eigenvalue weighted by atomic mass is 19.4. The number of nitrogens with zero attached hydrogens (tertiary/aromatic N) is 1. The molecule has 1 aromatic carbocycles. The second-order valence-corrected chi connectivity index (χ2v) is 5.65. The first kappa shape index (κ1) is 18.7. The van der Waals surface area contributed by atoms with E-state index in [9.17, 15) is 18.0 Å². The summed E-state index contributed by atoms with van der Waals surface area (Å²) in [5.41, 5.74) is 5.39. The predicted molar refractivity (Wildman–Crippen MR) is 87.2 cm³/mol. The van der Waals surface area contributed by atoms with Gasteiger partial charge in [0.05, 0.1) is 23.4 Å². The molecule has 0 aliphatic heterocycles. The van der Waals surface area contributed by atoms with E-state index in [4.69, 9.17) is 10.5 Å². The standard InChI is InChI=1S/C17H18F3N3O2/c1-10(11(2)21)16(24)23-13-5-8-15(22-9-13)25-14-6-3-12(4-7-14)17(18,19)20/h3-11H,21H2,1-2H3,(H,23,24). The van der Waals surface area contributed by atoms with E-state index >= 15 is 0 Å². The van der Waals surface area contributed by atoms with Crippen molar-refractivity contribution in [3.05, 3.63) is 48.2 Å². The Bertz CT molecular complexity index is 713. The van der Waals surface area contributed by atoms with Gasteiger partial charge in [0.15, 0.2) is 0 Å². The Morgan fingerprint density at radius 2 is 1.80 bits per heavy atom. The van der Waals surface area contributed by atoms with Gasteiger partial charge in [-0.1, -0.05) is 6.92 Å². The largest absolute Gasteiger partial charge is 0.439 e. The van der Waals surface area contributed by atoms with Crippen LogP contribution in [0.3, 0.4) is 0 Å². The molecule has 1 aromatic heterocycles. The molecule has 134 valence electrons. The molecule has 5 nitrogen and oxygen atoms in total. The van der Waals surface area contributed by atoms with Gasteiger partial charge in [-0.05, 0) is 37.3 Å². The van der Waals surface area contributed by atoms with E-state index in [0.29, 0.717) is 5.69 Å². The summed E-state index contributed by atoms with van der Waals surface area (Å²) in [6.45, 7) is 3.46. The minimum atomic E-state index is -4.39. The fraction of sp³-hybridized carbons (Fsp3) is 0.294. The average molecular weight is 353 g/mol. The maximum absolute atomic E-state index is 12.5. The maximum Gasteiger partial charge on any atom is 0.416 e. The quantitative estimate of drug-likeness (QED) is 0.857. The molecule has 0 aliphatic rings. The van der Waals surface area contributed by atoms with Gasteiger partial charge in [0.2, 0.25) is 11.8 Å². The number of hydrogen-bond acceptors (Lipinski definition) is 4. The van der Waals surface area contributed by atoms with Crippen LogP contribution < -0.4 is 15.8 Å². The lowest BCUT2D eigenvalue weighted by Crippen LogP contribution is -2.34. The van der Waals surface area contributed by atoms with Gasteiger partial charge in [0.1, 0.15) is 5.75 Å². The molecular weight excluding hydrogens is 335 g/mol. The molecule has 25 heavy (non-hydrogen) atoms. The zero-order valence-electron chi connectivity index (χ0n) is 13.7. The molecule has 0 saturated heterocycles. The van der Waals surface area contributed by atoms with Gasteiger partial charge in [-0.25, -0.2) is 4.98 Å². The Morgan fingerprint density at radius 1 is 1.16 bits per heavy atom. The minimum Gasteiger partial charge on any atom is -0.439 e. The number of nitrogens with one attached hydrogen (secondary N) is 1. The summed E-state index contributed by atoms with van der Waals surface area (Å²) in [6, 6.07) is 7.09. The molecule has 1 heterocycles. The van der Waals surface area contributed by atoms with Crippen LogP contribution in [0.5, 0.6) is 11.6 Å². The molecule has 2 unspecified atom stereocenters. The van der Waals surface area contributed by atoms with Crippen LogP contribution in [0.1, 0.15) is 19.4 Å². The summed E-state index contributed by atoms with van der Waals surface area (Å²) in [7, 11) is 0. The Labute approximate surface area is 143 Å². The molecule has 3 N–H and O–H groups in total. The van der Waals surface area contributed by atoms with Crippen LogP contribution in [-0.2, 0) is 11.0 Å². The highest BCUT2D eigenvalue weighted by molar-refractivity contribution is 5.92. The van der Waals surface area contributed by atoms with Crippen molar-refractivity contribution in [2.24, 2.45) is 11.7 Å². The van der Waals surface area contributed by atoms with Crippen molar-refractivity contribution in [3.63, 3.8) is 0 Å². The van der Waals surface area contributed by atoms with Crippen molar-refractivity contribution in [2.75, 3.05) is 5.32 Å². The van der Waals surface area contributed by atoms with Crippen LogP contribution in [0.2, 0.25) is 0 Å². The predicted octanol–water partition coefficient (Wildman–Crippen LogP) is 3.81. The zero-order valence-corrected chi connectivity index (χ0v) is 13.7. The number of anilines is 1. The molecule has 0 radical (unpaired) electrons. The molecule has 8 heteroatoms. The van der Waals surface area contributed by atoms with E-state index in [1.807, 2.05) is 0 Å². The molecule has 1 amide bonds. The number of aromatic nitrogens is 1. The molecule has 0 aliphatic carbocycles. The number of pyridine rings is 1. The first-order valence-electron chi connectivity index (χ1n) is 7.54. The number of halogens is 3. The van der Waals surface area contributed by atoms with Gasteiger partial charge in [-0.2, -0.15) is 13.2 Å². The maximum atomic E-state index is 12.5. The van der Waals surface area contributed by atoms with E-state index in [0.717, 1.165) is 12.1 Å². The summed E-state index contributed by atoms with van der Waals surface area (Å²) in [5, 5.41) is 2.68. The number of hydrogen-bond donors (Lipinski definition) is 2. The second-order valence-electron chi connectivity index (χ2n) is 5.65. The Kier molecular flexibility index (Phi) is 5.63. The normalized spacial score (nSPS) is 13.8. The smallest absolute Gasteiger partial charge is 0.416 e. The Morgan fingerprint density at radius 3 is 2.28 bits per heavy atom. The number of alkyl halides is 3. The van der Waals surface area contributed by atoms with Crippen molar-refractivity contribution in [1.29, 1.82) is 0 Å². The van der Waals surface area contributed by atoms with Gasteiger partial charge < -0.3 is 15.8 Å². The molecule has 2 rings (SSSR count). The number of amides is 1.